The third-order valence-electron chi connectivity index (χ3n) is 5.87. The Morgan fingerprint density at radius 1 is 1.11 bits per heavy atom. The van der Waals surface area contributed by atoms with E-state index < -0.39 is 0 Å². The summed E-state index contributed by atoms with van der Waals surface area (Å²) in [5.41, 5.74) is 2.03. The molecular formula is C23H25NO2S. The minimum atomic E-state index is -0.377. The summed E-state index contributed by atoms with van der Waals surface area (Å²) >= 11 is 1.83. The maximum Gasteiger partial charge on any atom is 0.253 e. The topological polar surface area (TPSA) is 29.5 Å². The monoisotopic (exact) mass is 379 g/mol. The van der Waals surface area contributed by atoms with Gasteiger partial charge in [0.25, 0.3) is 5.91 Å². The lowest BCUT2D eigenvalue weighted by atomic mass is 9.66. The molecule has 4 heteroatoms. The number of rotatable bonds is 4. The number of hydrogen-bond donors (Lipinski definition) is 0. The van der Waals surface area contributed by atoms with Crippen LogP contribution in [0.25, 0.3) is 0 Å². The zero-order chi connectivity index (χ0) is 18.9. The molecule has 0 radical (unpaired) electrons. The first-order chi connectivity index (χ1) is 13.1. The molecule has 1 saturated heterocycles. The van der Waals surface area contributed by atoms with Crippen LogP contribution in [-0.4, -0.2) is 17.6 Å². The van der Waals surface area contributed by atoms with Gasteiger partial charge >= 0.3 is 0 Å². The smallest absolute Gasteiger partial charge is 0.253 e. The van der Waals surface area contributed by atoms with Gasteiger partial charge in [0.1, 0.15) is 0 Å². The van der Waals surface area contributed by atoms with Gasteiger partial charge in [-0.05, 0) is 49.3 Å². The summed E-state index contributed by atoms with van der Waals surface area (Å²) < 4.78 is 0. The summed E-state index contributed by atoms with van der Waals surface area (Å²) in [6, 6.07) is 20.5. The zero-order valence-electron chi connectivity index (χ0n) is 15.9. The lowest BCUT2D eigenvalue weighted by Gasteiger charge is -2.47. The van der Waals surface area contributed by atoms with Crippen LogP contribution in [0.3, 0.4) is 0 Å². The molecule has 0 aromatic heterocycles. The Labute approximate surface area is 165 Å². The predicted molar refractivity (Wildman–Crippen MR) is 109 cm³/mol. The number of nitrogens with zero attached hydrogens (tertiary/aromatic N) is 1. The van der Waals surface area contributed by atoms with E-state index in [4.69, 9.17) is 4.84 Å². The standard InChI is InChI=1S/C23H25NO2S/c1-17-20-16-26-24(15-18-9-5-3-6-10-18)22(25)23(20,2)14-13-21(17)27-19-11-7-4-8-12-19/h3-12,20H,13-16H2,1-2H3/t20-,23+/m1/s1. The molecule has 0 bridgehead atoms. The average molecular weight is 380 g/mol. The Bertz CT molecular complexity index is 849. The van der Waals surface area contributed by atoms with Crippen molar-refractivity contribution in [3.63, 3.8) is 0 Å². The van der Waals surface area contributed by atoms with E-state index in [0.29, 0.717) is 13.2 Å². The Balaban J connectivity index is 1.54. The van der Waals surface area contributed by atoms with Gasteiger partial charge in [0.15, 0.2) is 0 Å². The summed E-state index contributed by atoms with van der Waals surface area (Å²) in [6.45, 7) is 5.38. The van der Waals surface area contributed by atoms with Crippen LogP contribution in [-0.2, 0) is 16.2 Å². The van der Waals surface area contributed by atoms with Crippen molar-refractivity contribution in [2.45, 2.75) is 38.1 Å². The van der Waals surface area contributed by atoms with Crippen LogP contribution in [0.5, 0.6) is 0 Å². The summed E-state index contributed by atoms with van der Waals surface area (Å²) in [7, 11) is 0. The summed E-state index contributed by atoms with van der Waals surface area (Å²) in [5, 5.41) is 1.58. The van der Waals surface area contributed by atoms with Crippen LogP contribution in [0.2, 0.25) is 0 Å². The maximum absolute atomic E-state index is 13.3. The molecule has 27 heavy (non-hydrogen) atoms. The van der Waals surface area contributed by atoms with Crippen molar-refractivity contribution in [3.05, 3.63) is 76.7 Å². The normalized spacial score (nSPS) is 25.5. The highest BCUT2D eigenvalue weighted by Crippen LogP contribution is 2.51. The van der Waals surface area contributed by atoms with E-state index in [9.17, 15) is 4.79 Å². The number of carbonyl (C=O) groups is 1. The molecule has 1 fully saturated rings. The van der Waals surface area contributed by atoms with Crippen LogP contribution in [0.15, 0.2) is 76.0 Å². The van der Waals surface area contributed by atoms with Crippen molar-refractivity contribution in [2.75, 3.05) is 6.61 Å². The highest BCUT2D eigenvalue weighted by Gasteiger charge is 2.50. The highest BCUT2D eigenvalue weighted by atomic mass is 32.2. The van der Waals surface area contributed by atoms with E-state index in [2.05, 4.69) is 38.1 Å². The van der Waals surface area contributed by atoms with Gasteiger partial charge in [-0.25, -0.2) is 5.06 Å². The molecule has 2 aromatic carbocycles. The number of carbonyl (C=O) groups excluding carboxylic acids is 1. The predicted octanol–water partition coefficient (Wildman–Crippen LogP) is 5.44. The lowest BCUT2D eigenvalue weighted by molar-refractivity contribution is -0.231. The zero-order valence-corrected chi connectivity index (χ0v) is 16.7. The van der Waals surface area contributed by atoms with E-state index in [1.807, 2.05) is 48.2 Å². The lowest BCUT2D eigenvalue weighted by Crippen LogP contribution is -2.54. The van der Waals surface area contributed by atoms with E-state index >= 15 is 0 Å². The van der Waals surface area contributed by atoms with Gasteiger partial charge in [-0.2, -0.15) is 0 Å². The molecule has 0 saturated carbocycles. The Hall–Kier alpha value is -2.04. The average Bonchev–Trinajstić information content (AvgIpc) is 2.69. The van der Waals surface area contributed by atoms with Gasteiger partial charge in [0, 0.05) is 10.8 Å². The number of hydroxylamine groups is 2. The van der Waals surface area contributed by atoms with E-state index in [0.717, 1.165) is 18.4 Å². The second-order valence-electron chi connectivity index (χ2n) is 7.61. The van der Waals surface area contributed by atoms with Crippen molar-refractivity contribution in [3.8, 4) is 0 Å². The van der Waals surface area contributed by atoms with Crippen molar-refractivity contribution in [1.29, 1.82) is 0 Å². The second kappa shape index (κ2) is 7.53. The third-order valence-corrected chi connectivity index (χ3v) is 7.15. The molecular weight excluding hydrogens is 354 g/mol. The summed E-state index contributed by atoms with van der Waals surface area (Å²) in [4.78, 5) is 21.8. The number of hydrogen-bond acceptors (Lipinski definition) is 3. The fourth-order valence-electron chi connectivity index (χ4n) is 4.12. The van der Waals surface area contributed by atoms with Crippen molar-refractivity contribution < 1.29 is 9.63 Å². The van der Waals surface area contributed by atoms with Gasteiger partial charge in [-0.3, -0.25) is 9.63 Å². The van der Waals surface area contributed by atoms with Gasteiger partial charge in [-0.1, -0.05) is 65.9 Å². The number of fused-ring (bicyclic) bond motifs is 1. The molecule has 140 valence electrons. The third kappa shape index (κ3) is 3.56. The van der Waals surface area contributed by atoms with Gasteiger partial charge < -0.3 is 0 Å². The van der Waals surface area contributed by atoms with Crippen LogP contribution >= 0.6 is 11.8 Å². The van der Waals surface area contributed by atoms with Crippen LogP contribution in [0.4, 0.5) is 0 Å². The summed E-state index contributed by atoms with van der Waals surface area (Å²) in [6.07, 6.45) is 1.82. The highest BCUT2D eigenvalue weighted by molar-refractivity contribution is 8.03. The van der Waals surface area contributed by atoms with Crippen LogP contribution in [0, 0.1) is 11.3 Å². The second-order valence-corrected chi connectivity index (χ2v) is 8.78. The minimum absolute atomic E-state index is 0.116. The molecule has 1 aliphatic heterocycles. The molecule has 1 heterocycles. The van der Waals surface area contributed by atoms with Crippen molar-refractivity contribution in [1.82, 2.24) is 5.06 Å². The van der Waals surface area contributed by atoms with E-state index in [1.165, 1.54) is 15.4 Å². The molecule has 0 spiro atoms. The van der Waals surface area contributed by atoms with Crippen molar-refractivity contribution >= 4 is 17.7 Å². The Morgan fingerprint density at radius 2 is 1.78 bits per heavy atom. The van der Waals surface area contributed by atoms with E-state index in [-0.39, 0.29) is 17.2 Å². The van der Waals surface area contributed by atoms with Crippen molar-refractivity contribution in [2.24, 2.45) is 11.3 Å². The Kier molecular flexibility index (Phi) is 5.11. The Morgan fingerprint density at radius 3 is 2.48 bits per heavy atom. The molecule has 0 unspecified atom stereocenters. The SMILES string of the molecule is CC1=C(Sc2ccccc2)CC[C@]2(C)C(=O)N(Cc3ccccc3)OC[C@H]12. The first-order valence-corrected chi connectivity index (χ1v) is 10.3. The molecule has 2 aliphatic rings. The molecule has 1 aliphatic carbocycles. The van der Waals surface area contributed by atoms with Gasteiger partial charge in [0.05, 0.1) is 18.6 Å². The molecule has 3 nitrogen and oxygen atoms in total. The quantitative estimate of drug-likeness (QED) is 0.708. The fraction of sp³-hybridized carbons (Fsp3) is 0.348. The molecule has 0 N–H and O–H groups in total. The van der Waals surface area contributed by atoms with Gasteiger partial charge in [0.2, 0.25) is 0 Å². The number of thioether (sulfide) groups is 1. The number of benzene rings is 2. The first kappa shape index (κ1) is 18.3. The van der Waals surface area contributed by atoms with Gasteiger partial charge in [-0.15, -0.1) is 0 Å². The van der Waals surface area contributed by atoms with E-state index in [1.54, 1.807) is 5.06 Å². The maximum atomic E-state index is 13.3. The molecule has 4 rings (SSSR count). The first-order valence-electron chi connectivity index (χ1n) is 9.49. The van der Waals surface area contributed by atoms with Crippen LogP contribution < -0.4 is 0 Å². The number of amides is 1. The molecule has 1 amide bonds. The summed E-state index contributed by atoms with van der Waals surface area (Å²) in [5.74, 6) is 0.266. The molecule has 2 aromatic rings. The number of allylic oxidation sites excluding steroid dienone is 1. The molecule has 2 atom stereocenters. The van der Waals surface area contributed by atoms with Crippen LogP contribution in [0.1, 0.15) is 32.3 Å². The fourth-order valence-corrected chi connectivity index (χ4v) is 5.20. The minimum Gasteiger partial charge on any atom is -0.272 e. The largest absolute Gasteiger partial charge is 0.272 e.